The molecule has 2 aliphatic rings. The normalized spacial score (nSPS) is 16.6. The van der Waals surface area contributed by atoms with E-state index in [2.05, 4.69) is 35.6 Å². The van der Waals surface area contributed by atoms with Crippen LogP contribution in [0.2, 0.25) is 0 Å². The molecule has 0 bridgehead atoms. The maximum atomic E-state index is 12.3. The number of rotatable bonds is 5. The number of aryl methyl sites for hydroxylation is 1. The monoisotopic (exact) mass is 367 g/mol. The summed E-state index contributed by atoms with van der Waals surface area (Å²) in [5, 5.41) is 0. The molecular weight excluding hydrogens is 342 g/mol. The number of hydrogen-bond donors (Lipinski definition) is 2. The molecule has 2 fully saturated rings. The molecule has 0 radical (unpaired) electrons. The number of carbonyl (C=O) groups is 1. The Kier molecular flexibility index (Phi) is 5.04. The average molecular weight is 367 g/mol. The topological polar surface area (TPSA) is 86.3 Å². The Bertz CT molecular complexity index is 762. The zero-order valence-corrected chi connectivity index (χ0v) is 15.6. The van der Waals surface area contributed by atoms with Crippen LogP contribution in [0.25, 0.3) is 0 Å². The lowest BCUT2D eigenvalue weighted by Gasteiger charge is -2.20. The summed E-state index contributed by atoms with van der Waals surface area (Å²) < 4.78 is 0. The molecule has 2 N–H and O–H groups in total. The summed E-state index contributed by atoms with van der Waals surface area (Å²) in [6.45, 7) is 5.82. The van der Waals surface area contributed by atoms with E-state index in [1.54, 1.807) is 12.1 Å². The molecule has 2 aromatic rings. The van der Waals surface area contributed by atoms with Crippen LogP contribution in [0.1, 0.15) is 41.6 Å². The van der Waals surface area contributed by atoms with E-state index in [0.717, 1.165) is 57.4 Å². The maximum Gasteiger partial charge on any atom is 0.269 e. The Balaban J connectivity index is 1.51. The molecule has 2 aliphatic heterocycles. The van der Waals surface area contributed by atoms with E-state index in [0.29, 0.717) is 23.4 Å². The summed E-state index contributed by atoms with van der Waals surface area (Å²) >= 11 is 0. The SMILES string of the molecule is Cc1ccc(C(=O)NNc2nc(N3CCCC3)nc(N3CCCC3)n2)cc1. The van der Waals surface area contributed by atoms with Crippen molar-refractivity contribution in [2.24, 2.45) is 0 Å². The number of carbonyl (C=O) groups excluding carboxylic acids is 1. The third kappa shape index (κ3) is 4.10. The van der Waals surface area contributed by atoms with Gasteiger partial charge in [-0.05, 0) is 44.7 Å². The largest absolute Gasteiger partial charge is 0.341 e. The van der Waals surface area contributed by atoms with Crippen molar-refractivity contribution in [3.05, 3.63) is 35.4 Å². The van der Waals surface area contributed by atoms with Crippen molar-refractivity contribution < 1.29 is 4.79 Å². The van der Waals surface area contributed by atoms with Crippen LogP contribution in [0.4, 0.5) is 17.8 Å². The van der Waals surface area contributed by atoms with E-state index in [-0.39, 0.29) is 5.91 Å². The first-order valence-corrected chi connectivity index (χ1v) is 9.58. The molecule has 0 unspecified atom stereocenters. The minimum atomic E-state index is -0.221. The third-order valence-electron chi connectivity index (χ3n) is 4.99. The Morgan fingerprint density at radius 3 is 1.89 bits per heavy atom. The van der Waals surface area contributed by atoms with Crippen LogP contribution >= 0.6 is 0 Å². The fourth-order valence-corrected chi connectivity index (χ4v) is 3.42. The molecule has 8 heteroatoms. The van der Waals surface area contributed by atoms with Gasteiger partial charge in [-0.1, -0.05) is 17.7 Å². The van der Waals surface area contributed by atoms with E-state index < -0.39 is 0 Å². The lowest BCUT2D eigenvalue weighted by atomic mass is 10.1. The summed E-state index contributed by atoms with van der Waals surface area (Å²) in [6.07, 6.45) is 4.60. The zero-order valence-electron chi connectivity index (χ0n) is 15.6. The van der Waals surface area contributed by atoms with Gasteiger partial charge in [-0.25, -0.2) is 0 Å². The number of aromatic nitrogens is 3. The van der Waals surface area contributed by atoms with Gasteiger partial charge in [0.15, 0.2) is 0 Å². The predicted molar refractivity (Wildman–Crippen MR) is 105 cm³/mol. The van der Waals surface area contributed by atoms with Gasteiger partial charge in [-0.15, -0.1) is 0 Å². The molecule has 0 saturated carbocycles. The number of hydrogen-bond acceptors (Lipinski definition) is 7. The van der Waals surface area contributed by atoms with Crippen LogP contribution < -0.4 is 20.7 Å². The van der Waals surface area contributed by atoms with Crippen molar-refractivity contribution >= 4 is 23.8 Å². The highest BCUT2D eigenvalue weighted by Crippen LogP contribution is 2.22. The van der Waals surface area contributed by atoms with E-state index in [4.69, 9.17) is 0 Å². The Hall–Kier alpha value is -2.90. The van der Waals surface area contributed by atoms with Gasteiger partial charge in [0.1, 0.15) is 0 Å². The number of nitrogens with one attached hydrogen (secondary N) is 2. The number of anilines is 3. The Morgan fingerprint density at radius 2 is 1.37 bits per heavy atom. The van der Waals surface area contributed by atoms with Crippen molar-refractivity contribution in [3.63, 3.8) is 0 Å². The van der Waals surface area contributed by atoms with E-state index in [1.165, 1.54) is 0 Å². The number of amides is 1. The van der Waals surface area contributed by atoms with E-state index >= 15 is 0 Å². The molecule has 4 rings (SSSR count). The summed E-state index contributed by atoms with van der Waals surface area (Å²) in [4.78, 5) is 30.4. The van der Waals surface area contributed by atoms with Crippen LogP contribution in [0.15, 0.2) is 24.3 Å². The quantitative estimate of drug-likeness (QED) is 0.783. The van der Waals surface area contributed by atoms with Gasteiger partial charge in [0, 0.05) is 31.7 Å². The number of benzene rings is 1. The molecule has 1 aromatic heterocycles. The molecule has 2 saturated heterocycles. The first kappa shape index (κ1) is 17.5. The van der Waals surface area contributed by atoms with Crippen LogP contribution in [-0.4, -0.2) is 47.0 Å². The second kappa shape index (κ2) is 7.77. The molecule has 1 amide bonds. The van der Waals surface area contributed by atoms with Crippen LogP contribution in [-0.2, 0) is 0 Å². The molecule has 1 aromatic carbocycles. The highest BCUT2D eigenvalue weighted by molar-refractivity contribution is 5.94. The van der Waals surface area contributed by atoms with Crippen LogP contribution in [0.5, 0.6) is 0 Å². The molecule has 0 spiro atoms. The lowest BCUT2D eigenvalue weighted by molar-refractivity contribution is 0.0962. The highest BCUT2D eigenvalue weighted by atomic mass is 16.2. The summed E-state index contributed by atoms with van der Waals surface area (Å²) in [5.41, 5.74) is 7.26. The molecule has 3 heterocycles. The van der Waals surface area contributed by atoms with Gasteiger partial charge in [-0.3, -0.25) is 15.6 Å². The van der Waals surface area contributed by atoms with E-state index in [9.17, 15) is 4.79 Å². The summed E-state index contributed by atoms with van der Waals surface area (Å²) in [7, 11) is 0. The number of nitrogens with zero attached hydrogens (tertiary/aromatic N) is 5. The van der Waals surface area contributed by atoms with Crippen molar-refractivity contribution in [1.82, 2.24) is 20.4 Å². The second-order valence-electron chi connectivity index (χ2n) is 7.09. The van der Waals surface area contributed by atoms with Crippen LogP contribution in [0.3, 0.4) is 0 Å². The highest BCUT2D eigenvalue weighted by Gasteiger charge is 2.21. The van der Waals surface area contributed by atoms with E-state index in [1.807, 2.05) is 19.1 Å². The zero-order chi connectivity index (χ0) is 18.6. The summed E-state index contributed by atoms with van der Waals surface area (Å²) in [5.74, 6) is 1.50. The van der Waals surface area contributed by atoms with Crippen molar-refractivity contribution in [2.45, 2.75) is 32.6 Å². The minimum absolute atomic E-state index is 0.221. The molecule has 8 nitrogen and oxygen atoms in total. The fraction of sp³-hybridized carbons (Fsp3) is 0.474. The lowest BCUT2D eigenvalue weighted by Crippen LogP contribution is -2.32. The molecule has 27 heavy (non-hydrogen) atoms. The number of hydrazine groups is 1. The van der Waals surface area contributed by atoms with Crippen molar-refractivity contribution in [2.75, 3.05) is 41.4 Å². The molecule has 0 aliphatic carbocycles. The maximum absolute atomic E-state index is 12.3. The average Bonchev–Trinajstić information content (AvgIpc) is 3.40. The van der Waals surface area contributed by atoms with Gasteiger partial charge in [0.2, 0.25) is 17.8 Å². The van der Waals surface area contributed by atoms with Gasteiger partial charge < -0.3 is 9.80 Å². The predicted octanol–water partition coefficient (Wildman–Crippen LogP) is 2.14. The van der Waals surface area contributed by atoms with Crippen molar-refractivity contribution in [1.29, 1.82) is 0 Å². The van der Waals surface area contributed by atoms with Gasteiger partial charge >= 0.3 is 0 Å². The Labute approximate surface area is 159 Å². The molecule has 142 valence electrons. The minimum Gasteiger partial charge on any atom is -0.341 e. The first-order valence-electron chi connectivity index (χ1n) is 9.58. The van der Waals surface area contributed by atoms with Crippen LogP contribution in [0, 0.1) is 6.92 Å². The molecule has 0 atom stereocenters. The standard InChI is InChI=1S/C19H25N7O/c1-14-6-8-15(9-7-14)16(27)23-24-17-20-18(25-10-2-3-11-25)22-19(21-17)26-12-4-5-13-26/h6-9H,2-5,10-13H2,1H3,(H,23,27)(H,20,21,22,24). The van der Waals surface area contributed by atoms with Gasteiger partial charge in [0.25, 0.3) is 5.91 Å². The fourth-order valence-electron chi connectivity index (χ4n) is 3.42. The first-order chi connectivity index (χ1) is 13.2. The second-order valence-corrected chi connectivity index (χ2v) is 7.09. The Morgan fingerprint density at radius 1 is 0.852 bits per heavy atom. The third-order valence-corrected chi connectivity index (χ3v) is 4.99. The van der Waals surface area contributed by atoms with Crippen molar-refractivity contribution in [3.8, 4) is 0 Å². The summed E-state index contributed by atoms with van der Waals surface area (Å²) in [6, 6.07) is 7.42. The molecular formula is C19H25N7O. The van der Waals surface area contributed by atoms with Gasteiger partial charge in [0.05, 0.1) is 0 Å². The van der Waals surface area contributed by atoms with Gasteiger partial charge in [-0.2, -0.15) is 15.0 Å². The smallest absolute Gasteiger partial charge is 0.269 e.